The van der Waals surface area contributed by atoms with Crippen molar-refractivity contribution in [2.24, 2.45) is 22.2 Å². The van der Waals surface area contributed by atoms with Crippen molar-refractivity contribution in [3.05, 3.63) is 0 Å². The van der Waals surface area contributed by atoms with Crippen molar-refractivity contribution in [3.63, 3.8) is 0 Å². The van der Waals surface area contributed by atoms with Gasteiger partial charge in [-0.15, -0.1) is 0 Å². The van der Waals surface area contributed by atoms with Crippen LogP contribution in [0.4, 0.5) is 0 Å². The zero-order valence-electron chi connectivity index (χ0n) is 17.8. The fraction of sp³-hybridized carbons (Fsp3) is 0.810. The summed E-state index contributed by atoms with van der Waals surface area (Å²) < 4.78 is 10.1. The lowest BCUT2D eigenvalue weighted by molar-refractivity contribution is -0.180. The van der Waals surface area contributed by atoms with Crippen molar-refractivity contribution in [2.45, 2.75) is 87.0 Å². The molecule has 1 aliphatic carbocycles. The molecular weight excluding hydrogens is 348 g/mol. The Hall–Kier alpha value is -1.72. The van der Waals surface area contributed by atoms with E-state index in [4.69, 9.17) is 9.47 Å². The molecule has 0 aliphatic heterocycles. The van der Waals surface area contributed by atoms with E-state index in [1.165, 1.54) is 0 Å². The average molecular weight is 382 g/mol. The number of rotatable bonds is 4. The van der Waals surface area contributed by atoms with E-state index in [1.54, 1.807) is 48.5 Å². The Bertz CT molecular complexity index is 587. The molecule has 1 rings (SSSR count). The Morgan fingerprint density at radius 2 is 1.15 bits per heavy atom. The van der Waals surface area contributed by atoms with Crippen molar-refractivity contribution in [1.82, 2.24) is 0 Å². The zero-order valence-corrected chi connectivity index (χ0v) is 17.8. The minimum absolute atomic E-state index is 0.0937. The molecule has 1 fully saturated rings. The third-order valence-corrected chi connectivity index (χ3v) is 5.10. The second kappa shape index (κ2) is 8.53. The summed E-state index contributed by atoms with van der Waals surface area (Å²) in [5, 5.41) is 0. The van der Waals surface area contributed by atoms with Crippen LogP contribution in [0.2, 0.25) is 0 Å². The summed E-state index contributed by atoms with van der Waals surface area (Å²) in [6, 6.07) is 0. The molecule has 0 bridgehead atoms. The number of hydrogen-bond acceptors (Lipinski definition) is 6. The number of esters is 4. The monoisotopic (exact) mass is 382 g/mol. The fourth-order valence-electron chi connectivity index (χ4n) is 3.07. The number of carbonyl (C=O) groups is 4. The maximum Gasteiger partial charge on any atom is 0.320 e. The molecule has 1 saturated carbocycles. The first-order chi connectivity index (χ1) is 12.2. The predicted molar refractivity (Wildman–Crippen MR) is 100 cm³/mol. The maximum atomic E-state index is 12.9. The van der Waals surface area contributed by atoms with Gasteiger partial charge >= 0.3 is 23.9 Å². The van der Waals surface area contributed by atoms with Crippen LogP contribution in [-0.2, 0) is 28.7 Å². The quantitative estimate of drug-likeness (QED) is 0.535. The van der Waals surface area contributed by atoms with Crippen LogP contribution in [0.1, 0.15) is 87.0 Å². The van der Waals surface area contributed by atoms with Crippen molar-refractivity contribution in [2.75, 3.05) is 0 Å². The summed E-state index contributed by atoms with van der Waals surface area (Å²) in [7, 11) is 0. The van der Waals surface area contributed by atoms with Gasteiger partial charge in [0.2, 0.25) is 0 Å². The Morgan fingerprint density at radius 1 is 0.704 bits per heavy atom. The largest absolute Gasteiger partial charge is 0.393 e. The predicted octanol–water partition coefficient (Wildman–Crippen LogP) is 4.19. The SMILES string of the molecule is CC(C)(C)C(=O)OC(=O)CC(C)(C(=O)OC(=O)C(C)(C)C)C1CCCCC1. The van der Waals surface area contributed by atoms with Crippen molar-refractivity contribution in [1.29, 1.82) is 0 Å². The molecule has 0 aromatic heterocycles. The van der Waals surface area contributed by atoms with Crippen LogP contribution >= 0.6 is 0 Å². The molecule has 27 heavy (non-hydrogen) atoms. The molecule has 154 valence electrons. The second-order valence-corrected chi connectivity index (χ2v) is 9.87. The third kappa shape index (κ3) is 6.43. The lowest BCUT2D eigenvalue weighted by Gasteiger charge is -2.37. The van der Waals surface area contributed by atoms with Crippen LogP contribution in [0.5, 0.6) is 0 Å². The van der Waals surface area contributed by atoms with E-state index >= 15 is 0 Å². The third-order valence-electron chi connectivity index (χ3n) is 5.10. The van der Waals surface area contributed by atoms with E-state index in [9.17, 15) is 19.2 Å². The van der Waals surface area contributed by atoms with Gasteiger partial charge in [0.15, 0.2) is 0 Å². The summed E-state index contributed by atoms with van der Waals surface area (Å²) in [6.07, 6.45) is 4.25. The van der Waals surface area contributed by atoms with Gasteiger partial charge in [-0.05, 0) is 67.2 Å². The van der Waals surface area contributed by atoms with E-state index in [0.29, 0.717) is 0 Å². The number of hydrogen-bond donors (Lipinski definition) is 0. The summed E-state index contributed by atoms with van der Waals surface area (Å²) in [5.41, 5.74) is -2.85. The number of carbonyl (C=O) groups excluding carboxylic acids is 4. The van der Waals surface area contributed by atoms with E-state index in [0.717, 1.165) is 32.1 Å². The van der Waals surface area contributed by atoms with Gasteiger partial charge in [0.25, 0.3) is 0 Å². The normalized spacial score (nSPS) is 18.3. The molecular formula is C21H34O6. The fourth-order valence-corrected chi connectivity index (χ4v) is 3.07. The number of ether oxygens (including phenoxy) is 2. The van der Waals surface area contributed by atoms with Gasteiger partial charge in [-0.1, -0.05) is 19.3 Å². The van der Waals surface area contributed by atoms with E-state index in [1.807, 2.05) is 0 Å². The van der Waals surface area contributed by atoms with Gasteiger partial charge in [-0.2, -0.15) is 0 Å². The van der Waals surface area contributed by atoms with Gasteiger partial charge in [0, 0.05) is 0 Å². The maximum absolute atomic E-state index is 12.9. The summed E-state index contributed by atoms with van der Waals surface area (Å²) in [5.74, 6) is -2.84. The molecule has 1 atom stereocenters. The van der Waals surface area contributed by atoms with E-state index in [2.05, 4.69) is 0 Å². The molecule has 0 heterocycles. The Morgan fingerprint density at radius 3 is 1.59 bits per heavy atom. The van der Waals surface area contributed by atoms with Gasteiger partial charge in [-0.3, -0.25) is 19.2 Å². The molecule has 0 aromatic carbocycles. The van der Waals surface area contributed by atoms with Crippen molar-refractivity contribution < 1.29 is 28.7 Å². The molecule has 0 saturated heterocycles. The minimum Gasteiger partial charge on any atom is -0.393 e. The van der Waals surface area contributed by atoms with Crippen LogP contribution < -0.4 is 0 Å². The molecule has 0 spiro atoms. The molecule has 0 aromatic rings. The highest BCUT2D eigenvalue weighted by molar-refractivity contribution is 5.95. The first kappa shape index (κ1) is 23.3. The molecule has 0 radical (unpaired) electrons. The molecule has 6 heteroatoms. The molecule has 1 aliphatic rings. The molecule has 6 nitrogen and oxygen atoms in total. The standard InChI is InChI=1S/C21H34O6/c1-19(2,3)16(23)26-15(22)13-21(7,14-11-9-8-10-12-14)18(25)27-17(24)20(4,5)6/h14H,8-13H2,1-7H3. The molecule has 1 unspecified atom stereocenters. The zero-order chi connectivity index (χ0) is 21.0. The Kier molecular flexibility index (Phi) is 7.37. The van der Waals surface area contributed by atoms with Crippen LogP contribution in [0.3, 0.4) is 0 Å². The highest BCUT2D eigenvalue weighted by Crippen LogP contribution is 2.42. The topological polar surface area (TPSA) is 86.7 Å². The first-order valence-electron chi connectivity index (χ1n) is 9.70. The highest BCUT2D eigenvalue weighted by atomic mass is 16.6. The molecule has 0 amide bonds. The Balaban J connectivity index is 3.01. The first-order valence-corrected chi connectivity index (χ1v) is 9.70. The van der Waals surface area contributed by atoms with E-state index in [-0.39, 0.29) is 12.3 Å². The summed E-state index contributed by atoms with van der Waals surface area (Å²) in [4.78, 5) is 49.5. The van der Waals surface area contributed by atoms with Gasteiger partial charge in [-0.25, -0.2) is 0 Å². The van der Waals surface area contributed by atoms with Crippen LogP contribution in [0.25, 0.3) is 0 Å². The lowest BCUT2D eigenvalue weighted by atomic mass is 9.68. The average Bonchev–Trinajstić information content (AvgIpc) is 2.53. The Labute approximate surface area is 162 Å². The van der Waals surface area contributed by atoms with E-state index < -0.39 is 40.1 Å². The van der Waals surface area contributed by atoms with Crippen LogP contribution in [0, 0.1) is 22.2 Å². The van der Waals surface area contributed by atoms with Gasteiger partial charge < -0.3 is 9.47 Å². The summed E-state index contributed by atoms with van der Waals surface area (Å²) >= 11 is 0. The molecule has 0 N–H and O–H groups in total. The lowest BCUT2D eigenvalue weighted by Crippen LogP contribution is -2.43. The highest BCUT2D eigenvalue weighted by Gasteiger charge is 2.47. The van der Waals surface area contributed by atoms with Crippen molar-refractivity contribution >= 4 is 23.9 Å². The van der Waals surface area contributed by atoms with Crippen LogP contribution in [-0.4, -0.2) is 23.9 Å². The van der Waals surface area contributed by atoms with Crippen LogP contribution in [0.15, 0.2) is 0 Å². The smallest absolute Gasteiger partial charge is 0.320 e. The summed E-state index contributed by atoms with van der Waals surface area (Å²) in [6.45, 7) is 11.6. The van der Waals surface area contributed by atoms with Gasteiger partial charge in [0.05, 0.1) is 22.7 Å². The van der Waals surface area contributed by atoms with Gasteiger partial charge in [0.1, 0.15) is 0 Å². The van der Waals surface area contributed by atoms with Crippen molar-refractivity contribution in [3.8, 4) is 0 Å². The second-order valence-electron chi connectivity index (χ2n) is 9.87. The minimum atomic E-state index is -1.20.